The molecule has 1 heterocycles. The molecule has 1 aliphatic heterocycles. The third kappa shape index (κ3) is 1.96. The molecule has 0 aromatic rings. The molecule has 0 atom stereocenters. The molecule has 0 spiro atoms. The highest BCUT2D eigenvalue weighted by atomic mass is 127. The molecule has 0 aromatic carbocycles. The molecule has 0 radical (unpaired) electrons. The zero-order chi connectivity index (χ0) is 5.98. The van der Waals surface area contributed by atoms with E-state index in [1.165, 1.54) is 0 Å². The molecule has 0 saturated carbocycles. The molecule has 0 aliphatic carbocycles. The minimum atomic E-state index is -1.47. The Morgan fingerprint density at radius 2 is 2.00 bits per heavy atom. The van der Waals surface area contributed by atoms with Gasteiger partial charge in [0.2, 0.25) is 0 Å². The Morgan fingerprint density at radius 3 is 2.38 bits per heavy atom. The van der Waals surface area contributed by atoms with Crippen molar-refractivity contribution in [3.05, 3.63) is 0 Å². The lowest BCUT2D eigenvalue weighted by molar-refractivity contribution is 0.196. The van der Waals surface area contributed by atoms with E-state index in [2.05, 4.69) is 31.0 Å². The van der Waals surface area contributed by atoms with Crippen LogP contribution in [0.15, 0.2) is 0 Å². The predicted octanol–water partition coefficient (Wildman–Crippen LogP) is 0.416. The molecule has 1 fully saturated rings. The highest BCUT2D eigenvalue weighted by Gasteiger charge is 2.15. The Kier molecular flexibility index (Phi) is 2.67. The number of hydrogen-bond acceptors (Lipinski definition) is 3. The molecule has 0 bridgehead atoms. The molecule has 3 nitrogen and oxygen atoms in total. The molecule has 0 aromatic heterocycles. The van der Waals surface area contributed by atoms with Gasteiger partial charge in [-0.2, -0.15) is 4.21 Å². The minimum absolute atomic E-state index is 0.352. The van der Waals surface area contributed by atoms with E-state index in [0.29, 0.717) is 17.1 Å². The van der Waals surface area contributed by atoms with Crippen LogP contribution in [0.3, 0.4) is 0 Å². The normalized spacial score (nSPS) is 39.6. The lowest BCUT2D eigenvalue weighted by atomic mass is 10.5. The molecule has 48 valence electrons. The molecule has 5 heteroatoms. The first kappa shape index (κ1) is 6.91. The highest BCUT2D eigenvalue weighted by molar-refractivity contribution is 14.1. The quantitative estimate of drug-likeness (QED) is 0.460. The van der Waals surface area contributed by atoms with E-state index in [4.69, 9.17) is 0 Å². The second-order valence-corrected chi connectivity index (χ2v) is 4.01. The summed E-state index contributed by atoms with van der Waals surface area (Å²) in [6.45, 7) is 1.07. The van der Waals surface area contributed by atoms with Gasteiger partial charge in [-0.05, 0) is 0 Å². The summed E-state index contributed by atoms with van der Waals surface area (Å²) in [6.07, 6.45) is 0. The van der Waals surface area contributed by atoms with E-state index in [-0.39, 0.29) is 0 Å². The summed E-state index contributed by atoms with van der Waals surface area (Å²) >= 11 is 0.717. The average Bonchev–Trinajstić information content (AvgIpc) is 1.77. The largest absolute Gasteiger partial charge is 0.304 e. The smallest absolute Gasteiger partial charge is 0.267 e. The van der Waals surface area contributed by atoms with Crippen LogP contribution in [0.2, 0.25) is 0 Å². The van der Waals surface area contributed by atoms with Gasteiger partial charge in [0.05, 0.1) is 17.1 Å². The monoisotopic (exact) mass is 248 g/mol. The van der Waals surface area contributed by atoms with Crippen LogP contribution in [0.5, 0.6) is 0 Å². The van der Waals surface area contributed by atoms with Crippen molar-refractivity contribution in [2.24, 2.45) is 0 Å². The van der Waals surface area contributed by atoms with E-state index >= 15 is 0 Å². The number of hydrogen-bond donors (Lipinski definition) is 0. The zero-order valence-electron chi connectivity index (χ0n) is 4.00. The summed E-state index contributed by atoms with van der Waals surface area (Å²) in [5.41, 5.74) is 0. The minimum Gasteiger partial charge on any atom is -0.267 e. The van der Waals surface area contributed by atoms with Gasteiger partial charge in [-0.15, -0.1) is 0 Å². The Morgan fingerprint density at radius 1 is 1.50 bits per heavy atom. The Bertz CT molecular complexity index is 96.7. The van der Waals surface area contributed by atoms with Gasteiger partial charge >= 0.3 is 11.4 Å². The molecule has 0 N–H and O–H groups in total. The third-order valence-electron chi connectivity index (χ3n) is 0.690. The van der Waals surface area contributed by atoms with Gasteiger partial charge in [0.25, 0.3) is 0 Å². The van der Waals surface area contributed by atoms with Crippen molar-refractivity contribution < 1.29 is 12.6 Å². The number of rotatable bonds is 0. The first-order chi connectivity index (χ1) is 3.79. The van der Waals surface area contributed by atoms with Crippen LogP contribution in [0.1, 0.15) is 0 Å². The molecular weight excluding hydrogens is 243 g/mol. The molecular formula is C3H5IO3S. The van der Waals surface area contributed by atoms with Gasteiger partial charge in [0, 0.05) is 0 Å². The molecule has 0 unspecified atom stereocenters. The van der Waals surface area contributed by atoms with Crippen molar-refractivity contribution in [3.8, 4) is 0 Å². The van der Waals surface area contributed by atoms with Crippen molar-refractivity contribution in [1.82, 2.24) is 0 Å². The number of alkyl halides is 1. The van der Waals surface area contributed by atoms with Crippen LogP contribution in [0.4, 0.5) is 0 Å². The molecule has 1 rings (SSSR count). The molecule has 1 aliphatic rings. The number of halogens is 1. The van der Waals surface area contributed by atoms with Gasteiger partial charge < -0.3 is 0 Å². The summed E-state index contributed by atoms with van der Waals surface area (Å²) in [7, 11) is 0. The Labute approximate surface area is 63.7 Å². The first-order valence-electron chi connectivity index (χ1n) is 2.11. The summed E-state index contributed by atoms with van der Waals surface area (Å²) in [4.78, 5) is 0. The van der Waals surface area contributed by atoms with Crippen LogP contribution >= 0.6 is 22.6 Å². The van der Waals surface area contributed by atoms with Crippen molar-refractivity contribution in [3.63, 3.8) is 0 Å². The first-order valence-corrected chi connectivity index (χ1v) is 4.36. The van der Waals surface area contributed by atoms with Crippen LogP contribution in [0, 0.1) is 0 Å². The van der Waals surface area contributed by atoms with Crippen molar-refractivity contribution >= 4 is 34.0 Å². The summed E-state index contributed by atoms with van der Waals surface area (Å²) in [6, 6.07) is 0. The maximum atomic E-state index is 10.3. The fourth-order valence-electron chi connectivity index (χ4n) is 0.341. The van der Waals surface area contributed by atoms with Crippen LogP contribution in [0.25, 0.3) is 0 Å². The fraction of sp³-hybridized carbons (Fsp3) is 1.00. The second kappa shape index (κ2) is 3.09. The second-order valence-electron chi connectivity index (χ2n) is 1.37. The van der Waals surface area contributed by atoms with Gasteiger partial charge in [-0.1, -0.05) is 22.6 Å². The van der Waals surface area contributed by atoms with Gasteiger partial charge in [0.1, 0.15) is 0 Å². The molecule has 0 amide bonds. The highest BCUT2D eigenvalue weighted by Crippen LogP contribution is 2.09. The van der Waals surface area contributed by atoms with Crippen molar-refractivity contribution in [2.45, 2.75) is 3.92 Å². The van der Waals surface area contributed by atoms with Gasteiger partial charge in [-0.25, -0.2) is 0 Å². The summed E-state index contributed by atoms with van der Waals surface area (Å²) in [5.74, 6) is 0. The van der Waals surface area contributed by atoms with Gasteiger partial charge in [-0.3, -0.25) is 8.37 Å². The van der Waals surface area contributed by atoms with Crippen LogP contribution in [-0.2, 0) is 19.7 Å². The summed E-state index contributed by atoms with van der Waals surface area (Å²) in [5, 5.41) is 0. The average molecular weight is 248 g/mol. The van der Waals surface area contributed by atoms with Gasteiger partial charge in [0.15, 0.2) is 0 Å². The van der Waals surface area contributed by atoms with E-state index in [1.54, 1.807) is 0 Å². The SMILES string of the molecule is O=S1OCC(I)CO1. The van der Waals surface area contributed by atoms with Crippen LogP contribution < -0.4 is 0 Å². The standard InChI is InChI=1S/C3H5IO3S/c4-3-1-6-8(5)7-2-3/h3H,1-2H2. The lowest BCUT2D eigenvalue weighted by Gasteiger charge is -2.14. The maximum Gasteiger partial charge on any atom is 0.304 e. The van der Waals surface area contributed by atoms with E-state index in [9.17, 15) is 4.21 Å². The summed E-state index contributed by atoms with van der Waals surface area (Å²) < 4.78 is 19.9. The molecule has 1 saturated heterocycles. The van der Waals surface area contributed by atoms with Crippen LogP contribution in [-0.4, -0.2) is 21.3 Å². The third-order valence-corrected chi connectivity index (χ3v) is 2.07. The van der Waals surface area contributed by atoms with Crippen molar-refractivity contribution in [1.29, 1.82) is 0 Å². The van der Waals surface area contributed by atoms with E-state index in [1.807, 2.05) is 0 Å². The van der Waals surface area contributed by atoms with E-state index in [0.717, 1.165) is 0 Å². The van der Waals surface area contributed by atoms with Crippen molar-refractivity contribution in [2.75, 3.05) is 13.2 Å². The fourth-order valence-corrected chi connectivity index (χ4v) is 1.81. The Balaban J connectivity index is 2.29. The maximum absolute atomic E-state index is 10.3. The Hall–Kier alpha value is 0.800. The lowest BCUT2D eigenvalue weighted by Crippen LogP contribution is -2.24. The molecule has 8 heavy (non-hydrogen) atoms. The zero-order valence-corrected chi connectivity index (χ0v) is 6.98. The predicted molar refractivity (Wildman–Crippen MR) is 37.9 cm³/mol. The topological polar surface area (TPSA) is 35.5 Å². The van der Waals surface area contributed by atoms with E-state index < -0.39 is 11.4 Å².